The molecular weight excluding hydrogens is 314 g/mol. The average Bonchev–Trinajstić information content (AvgIpc) is 2.55. The first-order valence-corrected chi connectivity index (χ1v) is 9.51. The minimum absolute atomic E-state index is 0.193. The van der Waals surface area contributed by atoms with Crippen LogP contribution in [-0.2, 0) is 10.0 Å². The first-order valence-electron chi connectivity index (χ1n) is 8.03. The zero-order valence-electron chi connectivity index (χ0n) is 13.6. The van der Waals surface area contributed by atoms with E-state index in [1.54, 1.807) is 18.2 Å². The van der Waals surface area contributed by atoms with Gasteiger partial charge in [0.05, 0.1) is 10.9 Å². The van der Waals surface area contributed by atoms with Gasteiger partial charge in [0.15, 0.2) is 0 Å². The van der Waals surface area contributed by atoms with Gasteiger partial charge in [0, 0.05) is 6.04 Å². The van der Waals surface area contributed by atoms with Crippen LogP contribution in [0.5, 0.6) is 0 Å². The Kier molecular flexibility index (Phi) is 6.01. The summed E-state index contributed by atoms with van der Waals surface area (Å²) in [6.07, 6.45) is 5.60. The number of hydrogen-bond donors (Lipinski definition) is 3. The van der Waals surface area contributed by atoms with Crippen molar-refractivity contribution in [1.29, 1.82) is 0 Å². The lowest BCUT2D eigenvalue weighted by atomic mass is 9.96. The van der Waals surface area contributed by atoms with Crippen molar-refractivity contribution in [2.75, 3.05) is 7.05 Å². The maximum atomic E-state index is 12.1. The largest absolute Gasteiger partial charge is 0.335 e. The molecule has 0 radical (unpaired) electrons. The van der Waals surface area contributed by atoms with E-state index in [2.05, 4.69) is 15.4 Å². The van der Waals surface area contributed by atoms with Crippen LogP contribution in [-0.4, -0.2) is 27.5 Å². The fraction of sp³-hybridized carbons (Fsp3) is 0.562. The summed E-state index contributed by atoms with van der Waals surface area (Å²) in [7, 11) is -2.11. The highest BCUT2D eigenvalue weighted by Gasteiger charge is 2.18. The van der Waals surface area contributed by atoms with E-state index in [-0.39, 0.29) is 23.0 Å². The van der Waals surface area contributed by atoms with Gasteiger partial charge in [-0.05, 0) is 44.5 Å². The van der Waals surface area contributed by atoms with Gasteiger partial charge >= 0.3 is 6.03 Å². The number of benzene rings is 1. The van der Waals surface area contributed by atoms with Gasteiger partial charge in [0.1, 0.15) is 0 Å². The topological polar surface area (TPSA) is 87.3 Å². The smallest absolute Gasteiger partial charge is 0.315 e. The Morgan fingerprint density at radius 2 is 1.91 bits per heavy atom. The molecule has 1 fully saturated rings. The molecule has 0 aliphatic heterocycles. The van der Waals surface area contributed by atoms with E-state index >= 15 is 0 Å². The Balaban J connectivity index is 1.98. The Hall–Kier alpha value is -1.60. The molecule has 3 N–H and O–H groups in total. The Morgan fingerprint density at radius 3 is 2.57 bits per heavy atom. The van der Waals surface area contributed by atoms with E-state index in [9.17, 15) is 13.2 Å². The van der Waals surface area contributed by atoms with E-state index in [4.69, 9.17) is 0 Å². The molecule has 6 nitrogen and oxygen atoms in total. The summed E-state index contributed by atoms with van der Waals surface area (Å²) >= 11 is 0. The lowest BCUT2D eigenvalue weighted by molar-refractivity contribution is 0.229. The third-order valence-corrected chi connectivity index (χ3v) is 5.64. The molecule has 2 rings (SSSR count). The molecule has 0 spiro atoms. The van der Waals surface area contributed by atoms with Crippen molar-refractivity contribution in [3.63, 3.8) is 0 Å². The summed E-state index contributed by atoms with van der Waals surface area (Å²) in [6.45, 7) is 1.84. The van der Waals surface area contributed by atoms with Crippen LogP contribution in [0.2, 0.25) is 0 Å². The van der Waals surface area contributed by atoms with Crippen molar-refractivity contribution >= 4 is 16.1 Å². The fourth-order valence-corrected chi connectivity index (χ4v) is 3.61. The highest BCUT2D eigenvalue weighted by atomic mass is 32.2. The molecule has 1 aromatic carbocycles. The first-order chi connectivity index (χ1) is 10.9. The Bertz CT molecular complexity index is 640. The molecule has 128 valence electrons. The van der Waals surface area contributed by atoms with Crippen LogP contribution in [0.1, 0.15) is 50.6 Å². The molecule has 0 heterocycles. The van der Waals surface area contributed by atoms with Crippen molar-refractivity contribution in [3.8, 4) is 0 Å². The van der Waals surface area contributed by atoms with Crippen LogP contribution >= 0.6 is 0 Å². The molecule has 1 aliphatic carbocycles. The van der Waals surface area contributed by atoms with E-state index in [1.807, 2.05) is 6.92 Å². The number of sulfonamides is 1. The molecule has 0 aromatic heterocycles. The number of rotatable bonds is 5. The van der Waals surface area contributed by atoms with Gasteiger partial charge in [0.25, 0.3) is 0 Å². The van der Waals surface area contributed by atoms with Gasteiger partial charge in [-0.2, -0.15) is 0 Å². The summed E-state index contributed by atoms with van der Waals surface area (Å²) in [6, 6.07) is 6.36. The average molecular weight is 339 g/mol. The molecular formula is C16H25N3O3S. The third kappa shape index (κ3) is 4.94. The first kappa shape index (κ1) is 17.7. The highest BCUT2D eigenvalue weighted by Crippen LogP contribution is 2.19. The Labute approximate surface area is 138 Å². The molecule has 1 aliphatic rings. The second-order valence-electron chi connectivity index (χ2n) is 5.95. The van der Waals surface area contributed by atoms with Crippen LogP contribution < -0.4 is 15.4 Å². The van der Waals surface area contributed by atoms with E-state index in [0.717, 1.165) is 31.2 Å². The molecule has 1 saturated carbocycles. The second kappa shape index (κ2) is 7.79. The second-order valence-corrected chi connectivity index (χ2v) is 7.84. The van der Waals surface area contributed by atoms with E-state index in [1.165, 1.54) is 19.5 Å². The Morgan fingerprint density at radius 1 is 1.22 bits per heavy atom. The quantitative estimate of drug-likeness (QED) is 0.769. The van der Waals surface area contributed by atoms with Crippen LogP contribution in [0.15, 0.2) is 29.2 Å². The summed E-state index contributed by atoms with van der Waals surface area (Å²) in [5.74, 6) is 0. The zero-order valence-corrected chi connectivity index (χ0v) is 14.4. The molecule has 7 heteroatoms. The van der Waals surface area contributed by atoms with Gasteiger partial charge in [-0.3, -0.25) is 0 Å². The molecule has 1 aromatic rings. The van der Waals surface area contributed by atoms with Crippen molar-refractivity contribution in [3.05, 3.63) is 29.8 Å². The minimum Gasteiger partial charge on any atom is -0.335 e. The third-order valence-electron chi connectivity index (χ3n) is 4.23. The number of hydrogen-bond acceptors (Lipinski definition) is 3. The number of nitrogens with one attached hydrogen (secondary N) is 3. The SMILES string of the molecule is CNS(=O)(=O)c1cccc(C(C)NC(=O)NC2CCCCC2)c1. The maximum absolute atomic E-state index is 12.1. The van der Waals surface area contributed by atoms with Crippen LogP contribution in [0.3, 0.4) is 0 Å². The van der Waals surface area contributed by atoms with E-state index in [0.29, 0.717) is 0 Å². The summed E-state index contributed by atoms with van der Waals surface area (Å²) in [5, 5.41) is 5.87. The number of urea groups is 1. The van der Waals surface area contributed by atoms with Crippen molar-refractivity contribution in [1.82, 2.24) is 15.4 Å². The van der Waals surface area contributed by atoms with Gasteiger partial charge in [0.2, 0.25) is 10.0 Å². The minimum atomic E-state index is -3.48. The molecule has 0 bridgehead atoms. The van der Waals surface area contributed by atoms with E-state index < -0.39 is 10.0 Å². The lowest BCUT2D eigenvalue weighted by Gasteiger charge is -2.24. The molecule has 2 amide bonds. The summed E-state index contributed by atoms with van der Waals surface area (Å²) in [5.41, 5.74) is 0.750. The molecule has 0 saturated heterocycles. The summed E-state index contributed by atoms with van der Waals surface area (Å²) < 4.78 is 26.0. The van der Waals surface area contributed by atoms with Gasteiger partial charge < -0.3 is 10.6 Å². The number of carbonyl (C=O) groups excluding carboxylic acids is 1. The fourth-order valence-electron chi connectivity index (χ4n) is 2.82. The van der Waals surface area contributed by atoms with Crippen molar-refractivity contribution in [2.45, 2.75) is 56.0 Å². The lowest BCUT2D eigenvalue weighted by Crippen LogP contribution is -2.43. The van der Waals surface area contributed by atoms with Crippen molar-refractivity contribution < 1.29 is 13.2 Å². The van der Waals surface area contributed by atoms with Crippen molar-refractivity contribution in [2.24, 2.45) is 0 Å². The zero-order chi connectivity index (χ0) is 16.9. The highest BCUT2D eigenvalue weighted by molar-refractivity contribution is 7.89. The molecule has 1 unspecified atom stereocenters. The van der Waals surface area contributed by atoms with Crippen LogP contribution in [0.4, 0.5) is 4.79 Å². The predicted molar refractivity (Wildman–Crippen MR) is 89.6 cm³/mol. The van der Waals surface area contributed by atoms with Gasteiger partial charge in [-0.15, -0.1) is 0 Å². The van der Waals surface area contributed by atoms with Crippen LogP contribution in [0, 0.1) is 0 Å². The standard InChI is InChI=1S/C16H25N3O3S/c1-12(18-16(20)19-14-8-4-3-5-9-14)13-7-6-10-15(11-13)23(21,22)17-2/h6-7,10-12,14,17H,3-5,8-9H2,1-2H3,(H2,18,19,20). The number of carbonyl (C=O) groups is 1. The summed E-state index contributed by atoms with van der Waals surface area (Å²) in [4.78, 5) is 12.3. The van der Waals surface area contributed by atoms with Gasteiger partial charge in [-0.1, -0.05) is 31.4 Å². The monoisotopic (exact) mass is 339 g/mol. The van der Waals surface area contributed by atoms with Crippen LogP contribution in [0.25, 0.3) is 0 Å². The predicted octanol–water partition coefficient (Wildman–Crippen LogP) is 2.29. The molecule has 23 heavy (non-hydrogen) atoms. The normalized spacial score (nSPS) is 17.5. The van der Waals surface area contributed by atoms with Gasteiger partial charge in [-0.25, -0.2) is 17.9 Å². The number of amides is 2. The maximum Gasteiger partial charge on any atom is 0.315 e. The molecule has 1 atom stereocenters.